The van der Waals surface area contributed by atoms with Gasteiger partial charge in [-0.2, -0.15) is 5.26 Å². The van der Waals surface area contributed by atoms with Crippen molar-refractivity contribution in [2.75, 3.05) is 57.0 Å². The molecule has 2 aromatic rings. The van der Waals surface area contributed by atoms with Gasteiger partial charge in [-0.25, -0.2) is 17.1 Å². The zero-order valence-corrected chi connectivity index (χ0v) is 19.1. The molecule has 0 aliphatic carbocycles. The number of benzene rings is 2. The standard InChI is InChI=1S/C22H26FN5O3S/c1-16-7-8-17(13-21(16)32(30,31)26(2)3)25-22(29)15-27-9-11-28(12-10-27)20-6-4-5-19(23)18(20)14-24/h4-8,13H,9-12,15H2,1-3H3,(H,25,29). The van der Waals surface area contributed by atoms with E-state index in [4.69, 9.17) is 0 Å². The molecule has 10 heteroatoms. The van der Waals surface area contributed by atoms with Crippen molar-refractivity contribution in [3.63, 3.8) is 0 Å². The highest BCUT2D eigenvalue weighted by atomic mass is 32.2. The van der Waals surface area contributed by atoms with Crippen molar-refractivity contribution >= 4 is 27.3 Å². The van der Waals surface area contributed by atoms with E-state index in [0.717, 1.165) is 4.31 Å². The fourth-order valence-corrected chi connectivity index (χ4v) is 4.73. The van der Waals surface area contributed by atoms with Crippen LogP contribution in [0.25, 0.3) is 0 Å². The van der Waals surface area contributed by atoms with Crippen LogP contribution in [0, 0.1) is 24.1 Å². The van der Waals surface area contributed by atoms with E-state index in [2.05, 4.69) is 5.32 Å². The highest BCUT2D eigenvalue weighted by molar-refractivity contribution is 7.89. The number of anilines is 2. The molecule has 1 aliphatic heterocycles. The Bertz CT molecular complexity index is 1150. The summed E-state index contributed by atoms with van der Waals surface area (Å²) in [6.45, 7) is 4.11. The van der Waals surface area contributed by atoms with Gasteiger partial charge in [0.15, 0.2) is 0 Å². The summed E-state index contributed by atoms with van der Waals surface area (Å²) in [5, 5.41) is 12.0. The molecular weight excluding hydrogens is 433 g/mol. The second kappa shape index (κ2) is 9.65. The van der Waals surface area contributed by atoms with Gasteiger partial charge < -0.3 is 10.2 Å². The first-order chi connectivity index (χ1) is 15.1. The molecule has 1 heterocycles. The van der Waals surface area contributed by atoms with Gasteiger partial charge in [-0.1, -0.05) is 12.1 Å². The fourth-order valence-electron chi connectivity index (χ4n) is 3.59. The van der Waals surface area contributed by atoms with Crippen LogP contribution in [0.2, 0.25) is 0 Å². The quantitative estimate of drug-likeness (QED) is 0.710. The Hall–Kier alpha value is -3.00. The largest absolute Gasteiger partial charge is 0.368 e. The maximum Gasteiger partial charge on any atom is 0.242 e. The number of aryl methyl sites for hydroxylation is 1. The normalized spacial score (nSPS) is 14.9. The maximum absolute atomic E-state index is 13.9. The van der Waals surface area contributed by atoms with Crippen molar-refractivity contribution in [2.24, 2.45) is 0 Å². The summed E-state index contributed by atoms with van der Waals surface area (Å²) in [6, 6.07) is 11.3. The van der Waals surface area contributed by atoms with Crippen molar-refractivity contribution in [3.05, 3.63) is 53.3 Å². The number of rotatable bonds is 6. The molecule has 0 bridgehead atoms. The van der Waals surface area contributed by atoms with Gasteiger partial charge in [0.2, 0.25) is 15.9 Å². The molecule has 1 saturated heterocycles. The van der Waals surface area contributed by atoms with Crippen molar-refractivity contribution in [1.29, 1.82) is 5.26 Å². The molecule has 0 atom stereocenters. The second-order valence-corrected chi connectivity index (χ2v) is 9.95. The molecule has 32 heavy (non-hydrogen) atoms. The highest BCUT2D eigenvalue weighted by Crippen LogP contribution is 2.24. The Morgan fingerprint density at radius 1 is 1.19 bits per heavy atom. The van der Waals surface area contributed by atoms with Crippen molar-refractivity contribution in [2.45, 2.75) is 11.8 Å². The van der Waals surface area contributed by atoms with Gasteiger partial charge >= 0.3 is 0 Å². The average Bonchev–Trinajstić information content (AvgIpc) is 2.75. The molecule has 0 spiro atoms. The first kappa shape index (κ1) is 23.7. The van der Waals surface area contributed by atoms with E-state index >= 15 is 0 Å². The lowest BCUT2D eigenvalue weighted by molar-refractivity contribution is -0.117. The molecule has 0 saturated carbocycles. The zero-order chi connectivity index (χ0) is 23.5. The molecule has 1 fully saturated rings. The summed E-state index contributed by atoms with van der Waals surface area (Å²) in [5.41, 5.74) is 1.60. The lowest BCUT2D eigenvalue weighted by Gasteiger charge is -2.36. The highest BCUT2D eigenvalue weighted by Gasteiger charge is 2.23. The van der Waals surface area contributed by atoms with Crippen LogP contribution >= 0.6 is 0 Å². The van der Waals surface area contributed by atoms with Crippen LogP contribution < -0.4 is 10.2 Å². The summed E-state index contributed by atoms with van der Waals surface area (Å²) in [6.07, 6.45) is 0. The number of hydrogen-bond donors (Lipinski definition) is 1. The van der Waals surface area contributed by atoms with E-state index in [9.17, 15) is 22.9 Å². The number of nitriles is 1. The average molecular weight is 460 g/mol. The SMILES string of the molecule is Cc1ccc(NC(=O)CN2CCN(c3cccc(F)c3C#N)CC2)cc1S(=O)(=O)N(C)C. The Morgan fingerprint density at radius 2 is 1.88 bits per heavy atom. The van der Waals surface area contributed by atoms with E-state index in [1.54, 1.807) is 31.2 Å². The number of carbonyl (C=O) groups excluding carboxylic acids is 1. The van der Waals surface area contributed by atoms with Crippen LogP contribution in [0.5, 0.6) is 0 Å². The molecular formula is C22H26FN5O3S. The van der Waals surface area contributed by atoms with Gasteiger partial charge in [0, 0.05) is 46.0 Å². The lowest BCUT2D eigenvalue weighted by Crippen LogP contribution is -2.49. The monoisotopic (exact) mass is 459 g/mol. The molecule has 170 valence electrons. The van der Waals surface area contributed by atoms with E-state index in [0.29, 0.717) is 43.1 Å². The summed E-state index contributed by atoms with van der Waals surface area (Å²) >= 11 is 0. The molecule has 1 aliphatic rings. The van der Waals surface area contributed by atoms with Crippen LogP contribution in [0.15, 0.2) is 41.3 Å². The maximum atomic E-state index is 13.9. The van der Waals surface area contributed by atoms with Crippen LogP contribution in [-0.2, 0) is 14.8 Å². The van der Waals surface area contributed by atoms with Crippen molar-refractivity contribution < 1.29 is 17.6 Å². The van der Waals surface area contributed by atoms with E-state index in [-0.39, 0.29) is 22.9 Å². The smallest absolute Gasteiger partial charge is 0.242 e. The third-order valence-corrected chi connectivity index (χ3v) is 7.37. The molecule has 1 N–H and O–H groups in total. The van der Waals surface area contributed by atoms with Gasteiger partial charge in [0.05, 0.1) is 17.1 Å². The summed E-state index contributed by atoms with van der Waals surface area (Å²) in [7, 11) is -0.695. The van der Waals surface area contributed by atoms with Crippen LogP contribution in [0.3, 0.4) is 0 Å². The summed E-state index contributed by atoms with van der Waals surface area (Å²) in [5.74, 6) is -0.792. The van der Waals surface area contributed by atoms with Gasteiger partial charge in [-0.05, 0) is 36.8 Å². The summed E-state index contributed by atoms with van der Waals surface area (Å²) < 4.78 is 40.0. The second-order valence-electron chi connectivity index (χ2n) is 7.82. The van der Waals surface area contributed by atoms with E-state index < -0.39 is 15.8 Å². The number of nitrogens with one attached hydrogen (secondary N) is 1. The number of carbonyl (C=O) groups is 1. The van der Waals surface area contributed by atoms with Crippen LogP contribution in [0.1, 0.15) is 11.1 Å². The number of piperazine rings is 1. The minimum absolute atomic E-state index is 0.0292. The predicted octanol–water partition coefficient (Wildman–Crippen LogP) is 2.02. The molecule has 1 amide bonds. The molecule has 0 radical (unpaired) electrons. The minimum atomic E-state index is -3.62. The number of halogens is 1. The third-order valence-electron chi connectivity index (χ3n) is 5.41. The Morgan fingerprint density at radius 3 is 2.50 bits per heavy atom. The lowest BCUT2D eigenvalue weighted by atomic mass is 10.1. The molecule has 0 unspecified atom stereocenters. The van der Waals surface area contributed by atoms with Gasteiger partial charge in [-0.3, -0.25) is 9.69 Å². The van der Waals surface area contributed by atoms with E-state index in [1.165, 1.54) is 26.2 Å². The predicted molar refractivity (Wildman–Crippen MR) is 120 cm³/mol. The Balaban J connectivity index is 1.61. The van der Waals surface area contributed by atoms with Gasteiger partial charge in [-0.15, -0.1) is 0 Å². The molecule has 0 aromatic heterocycles. The first-order valence-electron chi connectivity index (χ1n) is 10.1. The summed E-state index contributed by atoms with van der Waals surface area (Å²) in [4.78, 5) is 16.6. The number of amides is 1. The fraction of sp³-hybridized carbons (Fsp3) is 0.364. The molecule has 3 rings (SSSR count). The van der Waals surface area contributed by atoms with Gasteiger partial charge in [0.25, 0.3) is 0 Å². The topological polar surface area (TPSA) is 96.7 Å². The van der Waals surface area contributed by atoms with Gasteiger partial charge in [0.1, 0.15) is 17.4 Å². The zero-order valence-electron chi connectivity index (χ0n) is 18.3. The first-order valence-corrected chi connectivity index (χ1v) is 11.6. The van der Waals surface area contributed by atoms with Crippen LogP contribution in [-0.4, -0.2) is 70.3 Å². The number of hydrogen-bond acceptors (Lipinski definition) is 6. The number of sulfonamides is 1. The molecule has 8 nitrogen and oxygen atoms in total. The van der Waals surface area contributed by atoms with Crippen molar-refractivity contribution in [3.8, 4) is 6.07 Å². The Labute approximate surface area is 187 Å². The molecule has 2 aromatic carbocycles. The number of nitrogens with zero attached hydrogens (tertiary/aromatic N) is 4. The third kappa shape index (κ3) is 5.07. The Kier molecular flexibility index (Phi) is 7.13. The minimum Gasteiger partial charge on any atom is -0.368 e. The van der Waals surface area contributed by atoms with Crippen molar-refractivity contribution in [1.82, 2.24) is 9.21 Å². The van der Waals surface area contributed by atoms with E-state index in [1.807, 2.05) is 15.9 Å². The van der Waals surface area contributed by atoms with Crippen LogP contribution in [0.4, 0.5) is 15.8 Å².